The van der Waals surface area contributed by atoms with E-state index in [9.17, 15) is 0 Å². The minimum Gasteiger partial charge on any atom is -0.306 e. The van der Waals surface area contributed by atoms with Crippen LogP contribution in [0.1, 0.15) is 45.8 Å². The Bertz CT molecular complexity index is 642. The van der Waals surface area contributed by atoms with Gasteiger partial charge in [0.25, 0.3) is 0 Å². The summed E-state index contributed by atoms with van der Waals surface area (Å²) in [5.41, 5.74) is 4.14. The minimum atomic E-state index is 0.275. The molecule has 0 bridgehead atoms. The fourth-order valence-electron chi connectivity index (χ4n) is 2.95. The van der Waals surface area contributed by atoms with Gasteiger partial charge in [-0.15, -0.1) is 11.3 Å². The molecule has 1 aliphatic rings. The van der Waals surface area contributed by atoms with E-state index in [1.807, 2.05) is 11.3 Å². The van der Waals surface area contributed by atoms with Crippen LogP contribution in [0.2, 0.25) is 0 Å². The highest BCUT2D eigenvalue weighted by Crippen LogP contribution is 2.39. The van der Waals surface area contributed by atoms with E-state index in [0.29, 0.717) is 0 Å². The Morgan fingerprint density at radius 2 is 2.00 bits per heavy atom. The van der Waals surface area contributed by atoms with E-state index < -0.39 is 0 Å². The van der Waals surface area contributed by atoms with E-state index in [1.165, 1.54) is 44.2 Å². The number of thiophene rings is 1. The van der Waals surface area contributed by atoms with Gasteiger partial charge in [0, 0.05) is 18.7 Å². The van der Waals surface area contributed by atoms with Gasteiger partial charge in [-0.25, -0.2) is 0 Å². The van der Waals surface area contributed by atoms with Crippen LogP contribution in [0, 0.1) is 6.92 Å². The van der Waals surface area contributed by atoms with Gasteiger partial charge < -0.3 is 5.32 Å². The smallest absolute Gasteiger partial charge is 0.0682 e. The molecule has 3 rings (SSSR count). The van der Waals surface area contributed by atoms with E-state index >= 15 is 0 Å². The van der Waals surface area contributed by atoms with Crippen molar-refractivity contribution in [3.05, 3.63) is 53.6 Å². The molecule has 1 aliphatic carbocycles. The van der Waals surface area contributed by atoms with Gasteiger partial charge in [-0.2, -0.15) is 0 Å². The van der Waals surface area contributed by atoms with E-state index in [0.717, 1.165) is 6.54 Å². The van der Waals surface area contributed by atoms with E-state index in [-0.39, 0.29) is 6.04 Å². The molecule has 0 amide bonds. The summed E-state index contributed by atoms with van der Waals surface area (Å²) in [7, 11) is 0. The van der Waals surface area contributed by atoms with Gasteiger partial charge in [0.15, 0.2) is 0 Å². The molecular formula is C17H19Br2NS. The summed E-state index contributed by atoms with van der Waals surface area (Å²) >= 11 is 9.41. The molecule has 1 nitrogen and oxygen atoms in total. The first-order chi connectivity index (χ1) is 10.1. The first-order valence-corrected chi connectivity index (χ1v) is 9.80. The summed E-state index contributed by atoms with van der Waals surface area (Å²) in [5, 5.41) is 3.65. The predicted molar refractivity (Wildman–Crippen MR) is 98.4 cm³/mol. The number of hydrogen-bond acceptors (Lipinski definition) is 2. The van der Waals surface area contributed by atoms with E-state index in [2.05, 4.69) is 69.2 Å². The summed E-state index contributed by atoms with van der Waals surface area (Å²) in [6.45, 7) is 5.26. The molecule has 0 saturated heterocycles. The Kier molecular flexibility index (Phi) is 4.89. The number of benzene rings is 1. The van der Waals surface area contributed by atoms with Gasteiger partial charge in [-0.05, 0) is 67.6 Å². The zero-order valence-electron chi connectivity index (χ0n) is 12.3. The minimum absolute atomic E-state index is 0.275. The van der Waals surface area contributed by atoms with Crippen LogP contribution >= 0.6 is 43.2 Å². The van der Waals surface area contributed by atoms with Crippen LogP contribution in [-0.4, -0.2) is 6.54 Å². The second-order valence-corrected chi connectivity index (χ2v) is 8.44. The highest BCUT2D eigenvalue weighted by atomic mass is 79.9. The maximum absolute atomic E-state index is 3.75. The molecule has 4 heteroatoms. The fourth-order valence-corrected chi connectivity index (χ4v) is 5.35. The van der Waals surface area contributed by atoms with Crippen molar-refractivity contribution < 1.29 is 0 Å². The lowest BCUT2D eigenvalue weighted by molar-refractivity contribution is 0.636. The lowest BCUT2D eigenvalue weighted by Crippen LogP contribution is -2.21. The van der Waals surface area contributed by atoms with Crippen LogP contribution in [0.25, 0.3) is 0 Å². The average molecular weight is 429 g/mol. The lowest BCUT2D eigenvalue weighted by atomic mass is 10.0. The molecule has 1 aromatic heterocycles. The normalized spacial score (nSPS) is 15.2. The molecule has 1 aromatic carbocycles. The third-order valence-electron chi connectivity index (χ3n) is 4.05. The highest BCUT2D eigenvalue weighted by molar-refractivity contribution is 9.11. The highest BCUT2D eigenvalue weighted by Gasteiger charge is 2.23. The molecule has 1 N–H and O–H groups in total. The standard InChI is InChI=1S/C17H19Br2NS/c1-3-20-17(12-9-13(18)10(2)7-14(12)19)16-8-11-5-4-6-15(11)21-16/h7-9,17,20H,3-6H2,1-2H3. The Balaban J connectivity index is 2.03. The summed E-state index contributed by atoms with van der Waals surface area (Å²) in [4.78, 5) is 3.04. The lowest BCUT2D eigenvalue weighted by Gasteiger charge is -2.20. The molecule has 112 valence electrons. The maximum Gasteiger partial charge on any atom is 0.0682 e. The van der Waals surface area contributed by atoms with E-state index in [1.54, 1.807) is 10.4 Å². The van der Waals surface area contributed by atoms with Crippen molar-refractivity contribution in [1.29, 1.82) is 0 Å². The van der Waals surface area contributed by atoms with Gasteiger partial charge in [-0.3, -0.25) is 0 Å². The maximum atomic E-state index is 3.75. The number of hydrogen-bond donors (Lipinski definition) is 1. The summed E-state index contributed by atoms with van der Waals surface area (Å²) in [5.74, 6) is 0. The van der Waals surface area contributed by atoms with Crippen molar-refractivity contribution in [2.45, 2.75) is 39.2 Å². The summed E-state index contributed by atoms with van der Waals surface area (Å²) < 4.78 is 2.36. The van der Waals surface area contributed by atoms with Crippen LogP contribution in [0.5, 0.6) is 0 Å². The van der Waals surface area contributed by atoms with Gasteiger partial charge in [0.2, 0.25) is 0 Å². The summed E-state index contributed by atoms with van der Waals surface area (Å²) in [6.07, 6.45) is 3.84. The number of halogens is 2. The van der Waals surface area contributed by atoms with Gasteiger partial charge >= 0.3 is 0 Å². The zero-order chi connectivity index (χ0) is 15.0. The zero-order valence-corrected chi connectivity index (χ0v) is 16.3. The van der Waals surface area contributed by atoms with Crippen LogP contribution in [0.3, 0.4) is 0 Å². The Morgan fingerprint density at radius 1 is 1.19 bits per heavy atom. The van der Waals surface area contributed by atoms with Gasteiger partial charge in [-0.1, -0.05) is 38.8 Å². The molecule has 0 fully saturated rings. The van der Waals surface area contributed by atoms with Crippen LogP contribution in [-0.2, 0) is 12.8 Å². The van der Waals surface area contributed by atoms with Gasteiger partial charge in [0.1, 0.15) is 0 Å². The molecule has 1 atom stereocenters. The van der Waals surface area contributed by atoms with Crippen molar-refractivity contribution in [1.82, 2.24) is 5.32 Å². The third kappa shape index (κ3) is 3.14. The predicted octanol–water partition coefficient (Wildman–Crippen LogP) is 5.77. The summed E-state index contributed by atoms with van der Waals surface area (Å²) in [6, 6.07) is 7.14. The quantitative estimate of drug-likeness (QED) is 0.651. The number of rotatable bonds is 4. The van der Waals surface area contributed by atoms with Crippen LogP contribution in [0.15, 0.2) is 27.1 Å². The molecule has 2 aromatic rings. The molecular weight excluding hydrogens is 410 g/mol. The molecule has 0 radical (unpaired) electrons. The average Bonchev–Trinajstić information content (AvgIpc) is 3.01. The van der Waals surface area contributed by atoms with E-state index in [4.69, 9.17) is 0 Å². The van der Waals surface area contributed by atoms with Gasteiger partial charge in [0.05, 0.1) is 6.04 Å². The SMILES string of the molecule is CCNC(c1cc2c(s1)CCC2)c1cc(Br)c(C)cc1Br. The number of fused-ring (bicyclic) bond motifs is 1. The van der Waals surface area contributed by atoms with Crippen molar-refractivity contribution in [2.24, 2.45) is 0 Å². The number of aryl methyl sites for hydroxylation is 3. The van der Waals surface area contributed by atoms with Crippen LogP contribution in [0.4, 0.5) is 0 Å². The first kappa shape index (κ1) is 15.7. The molecule has 0 spiro atoms. The molecule has 1 heterocycles. The topological polar surface area (TPSA) is 12.0 Å². The molecule has 21 heavy (non-hydrogen) atoms. The first-order valence-electron chi connectivity index (χ1n) is 7.40. The molecule has 0 saturated carbocycles. The fraction of sp³-hybridized carbons (Fsp3) is 0.412. The van der Waals surface area contributed by atoms with Crippen LogP contribution < -0.4 is 5.32 Å². The van der Waals surface area contributed by atoms with Crippen molar-refractivity contribution >= 4 is 43.2 Å². The van der Waals surface area contributed by atoms with Crippen molar-refractivity contribution in [3.63, 3.8) is 0 Å². The monoisotopic (exact) mass is 427 g/mol. The second kappa shape index (κ2) is 6.53. The molecule has 0 aliphatic heterocycles. The largest absolute Gasteiger partial charge is 0.306 e. The third-order valence-corrected chi connectivity index (χ3v) is 6.89. The Hall–Kier alpha value is -0.160. The Labute approximate surface area is 147 Å². The second-order valence-electron chi connectivity index (χ2n) is 5.56. The van der Waals surface area contributed by atoms with Crippen molar-refractivity contribution in [2.75, 3.05) is 6.54 Å². The number of nitrogens with one attached hydrogen (secondary N) is 1. The molecule has 1 unspecified atom stereocenters. The Morgan fingerprint density at radius 3 is 2.71 bits per heavy atom. The van der Waals surface area contributed by atoms with Crippen molar-refractivity contribution in [3.8, 4) is 0 Å².